The van der Waals surface area contributed by atoms with Crippen LogP contribution in [0.4, 0.5) is 4.79 Å². The number of halogens is 1. The first-order valence-electron chi connectivity index (χ1n) is 6.81. The summed E-state index contributed by atoms with van der Waals surface area (Å²) in [6.45, 7) is 5.58. The molecule has 5 nitrogen and oxygen atoms in total. The zero-order valence-corrected chi connectivity index (χ0v) is 13.7. The fourth-order valence-electron chi connectivity index (χ4n) is 1.44. The number of alkyl carbamates (subject to hydrolysis) is 1. The van der Waals surface area contributed by atoms with Crippen LogP contribution in [-0.2, 0) is 4.74 Å². The lowest BCUT2D eigenvalue weighted by Crippen LogP contribution is -2.32. The Kier molecular flexibility index (Phi) is 7.03. The van der Waals surface area contributed by atoms with Gasteiger partial charge in [-0.25, -0.2) is 4.79 Å². The molecule has 1 aromatic rings. The molecule has 1 amide bonds. The third kappa shape index (κ3) is 7.21. The second-order valence-electron chi connectivity index (χ2n) is 5.37. The van der Waals surface area contributed by atoms with Gasteiger partial charge in [0.25, 0.3) is 0 Å². The predicted molar refractivity (Wildman–Crippen MR) is 85.1 cm³/mol. The van der Waals surface area contributed by atoms with E-state index in [-0.39, 0.29) is 19.8 Å². The van der Waals surface area contributed by atoms with Gasteiger partial charge in [-0.15, -0.1) is 0 Å². The van der Waals surface area contributed by atoms with Crippen molar-refractivity contribution in [1.82, 2.24) is 5.32 Å². The molecule has 22 heavy (non-hydrogen) atoms. The summed E-state index contributed by atoms with van der Waals surface area (Å²) in [6.07, 6.45) is -0.519. The molecule has 0 saturated heterocycles. The molecule has 0 aromatic heterocycles. The number of hydrogen-bond acceptors (Lipinski definition) is 4. The number of aliphatic hydroxyl groups excluding tert-OH is 1. The molecule has 1 rings (SSSR count). The zero-order chi connectivity index (χ0) is 16.6. The Labute approximate surface area is 135 Å². The number of amides is 1. The first kappa shape index (κ1) is 18.1. The normalized spacial score (nSPS) is 10.4. The molecule has 0 bridgehead atoms. The van der Waals surface area contributed by atoms with Crippen LogP contribution >= 0.6 is 11.6 Å². The van der Waals surface area contributed by atoms with E-state index < -0.39 is 11.7 Å². The van der Waals surface area contributed by atoms with Crippen LogP contribution in [0.2, 0.25) is 5.02 Å². The maximum absolute atomic E-state index is 11.5. The van der Waals surface area contributed by atoms with E-state index in [0.717, 1.165) is 0 Å². The van der Waals surface area contributed by atoms with Crippen molar-refractivity contribution in [2.45, 2.75) is 26.4 Å². The van der Waals surface area contributed by atoms with Crippen LogP contribution < -0.4 is 10.1 Å². The molecule has 0 spiro atoms. The van der Waals surface area contributed by atoms with Gasteiger partial charge in [0, 0.05) is 11.1 Å². The molecule has 1 aromatic carbocycles. The molecule has 0 atom stereocenters. The molecule has 0 aliphatic rings. The quantitative estimate of drug-likeness (QED) is 0.835. The molecule has 0 saturated carbocycles. The van der Waals surface area contributed by atoms with Crippen molar-refractivity contribution in [2.24, 2.45) is 0 Å². The molecule has 120 valence electrons. The van der Waals surface area contributed by atoms with Gasteiger partial charge in [0.1, 0.15) is 18.0 Å². The Morgan fingerprint density at radius 3 is 2.77 bits per heavy atom. The van der Waals surface area contributed by atoms with Crippen molar-refractivity contribution in [1.29, 1.82) is 0 Å². The fraction of sp³-hybridized carbons (Fsp3) is 0.438. The van der Waals surface area contributed by atoms with Crippen molar-refractivity contribution in [3.05, 3.63) is 28.8 Å². The van der Waals surface area contributed by atoms with E-state index in [2.05, 4.69) is 17.2 Å². The van der Waals surface area contributed by atoms with Gasteiger partial charge in [0.2, 0.25) is 0 Å². The number of hydrogen-bond donors (Lipinski definition) is 2. The van der Waals surface area contributed by atoms with Crippen molar-refractivity contribution < 1.29 is 19.4 Å². The van der Waals surface area contributed by atoms with Crippen LogP contribution in [0.15, 0.2) is 18.2 Å². The Morgan fingerprint density at radius 2 is 2.14 bits per heavy atom. The molecular formula is C16H20ClNO4. The Balaban J connectivity index is 2.62. The highest BCUT2D eigenvalue weighted by Gasteiger charge is 2.15. The summed E-state index contributed by atoms with van der Waals surface area (Å²) in [4.78, 5) is 11.5. The highest BCUT2D eigenvalue weighted by atomic mass is 35.5. The second kappa shape index (κ2) is 8.52. The summed E-state index contributed by atoms with van der Waals surface area (Å²) in [6, 6.07) is 5.04. The smallest absolute Gasteiger partial charge is 0.408 e. The van der Waals surface area contributed by atoms with Crippen molar-refractivity contribution >= 4 is 17.7 Å². The van der Waals surface area contributed by atoms with Gasteiger partial charge in [-0.05, 0) is 32.9 Å². The third-order valence-electron chi connectivity index (χ3n) is 2.24. The Bertz CT molecular complexity index is 570. The van der Waals surface area contributed by atoms with Gasteiger partial charge in [-0.2, -0.15) is 0 Å². The van der Waals surface area contributed by atoms with E-state index in [1.807, 2.05) is 0 Å². The lowest BCUT2D eigenvalue weighted by Gasteiger charge is -2.19. The van der Waals surface area contributed by atoms with E-state index >= 15 is 0 Å². The predicted octanol–water partition coefficient (Wildman–Crippen LogP) is 2.59. The number of rotatable bonds is 4. The van der Waals surface area contributed by atoms with Gasteiger partial charge in [-0.1, -0.05) is 23.4 Å². The van der Waals surface area contributed by atoms with Crippen LogP contribution in [0.25, 0.3) is 0 Å². The van der Waals surface area contributed by atoms with E-state index in [0.29, 0.717) is 16.3 Å². The maximum atomic E-state index is 11.5. The lowest BCUT2D eigenvalue weighted by atomic mass is 10.2. The molecule has 0 aliphatic heterocycles. The number of aliphatic hydroxyl groups is 1. The minimum atomic E-state index is -0.543. The summed E-state index contributed by atoms with van der Waals surface area (Å²) >= 11 is 5.90. The molecule has 0 aliphatic carbocycles. The monoisotopic (exact) mass is 325 g/mol. The highest BCUT2D eigenvalue weighted by Crippen LogP contribution is 2.22. The standard InChI is InChI=1S/C16H20ClNO4/c1-16(2,3)22-15(20)18-8-4-5-12-6-7-13(17)11-14(12)21-10-9-19/h6-7,11,19H,8-10H2,1-3H3,(H,18,20). The second-order valence-corrected chi connectivity index (χ2v) is 5.81. The number of carbonyl (C=O) groups excluding carboxylic acids is 1. The highest BCUT2D eigenvalue weighted by molar-refractivity contribution is 6.30. The topological polar surface area (TPSA) is 67.8 Å². The van der Waals surface area contributed by atoms with E-state index in [9.17, 15) is 4.79 Å². The summed E-state index contributed by atoms with van der Waals surface area (Å²) in [5, 5.41) is 11.9. The minimum Gasteiger partial charge on any atom is -0.490 e. The van der Waals surface area contributed by atoms with Gasteiger partial charge in [0.15, 0.2) is 0 Å². The van der Waals surface area contributed by atoms with Crippen molar-refractivity contribution in [3.63, 3.8) is 0 Å². The zero-order valence-electron chi connectivity index (χ0n) is 12.9. The maximum Gasteiger partial charge on any atom is 0.408 e. The summed E-state index contributed by atoms with van der Waals surface area (Å²) < 4.78 is 10.5. The molecule has 0 heterocycles. The molecule has 0 radical (unpaired) electrons. The van der Waals surface area contributed by atoms with Crippen LogP contribution in [0.3, 0.4) is 0 Å². The first-order chi connectivity index (χ1) is 10.3. The van der Waals surface area contributed by atoms with Gasteiger partial charge in [-0.3, -0.25) is 0 Å². The summed E-state index contributed by atoms with van der Waals surface area (Å²) in [5.74, 6) is 6.18. The average molecular weight is 326 g/mol. The van der Waals surface area contributed by atoms with Crippen LogP contribution in [0.1, 0.15) is 26.3 Å². The van der Waals surface area contributed by atoms with Gasteiger partial charge < -0.3 is 19.9 Å². The van der Waals surface area contributed by atoms with Crippen LogP contribution in [-0.4, -0.2) is 36.6 Å². The summed E-state index contributed by atoms with van der Waals surface area (Å²) in [7, 11) is 0. The average Bonchev–Trinajstić information content (AvgIpc) is 2.41. The molecule has 0 fully saturated rings. The Morgan fingerprint density at radius 1 is 1.41 bits per heavy atom. The van der Waals surface area contributed by atoms with Gasteiger partial charge >= 0.3 is 6.09 Å². The first-order valence-corrected chi connectivity index (χ1v) is 7.18. The summed E-state index contributed by atoms with van der Waals surface area (Å²) in [5.41, 5.74) is 0.0859. The molecule has 0 unspecified atom stereocenters. The van der Waals surface area contributed by atoms with Crippen molar-refractivity contribution in [2.75, 3.05) is 19.8 Å². The number of benzene rings is 1. The van der Waals surface area contributed by atoms with Gasteiger partial charge in [0.05, 0.1) is 18.7 Å². The van der Waals surface area contributed by atoms with Crippen LogP contribution in [0, 0.1) is 11.8 Å². The number of nitrogens with one attached hydrogen (secondary N) is 1. The SMILES string of the molecule is CC(C)(C)OC(=O)NCC#Cc1ccc(Cl)cc1OCCO. The molecular weight excluding hydrogens is 306 g/mol. The number of carbonyl (C=O) groups is 1. The molecule has 6 heteroatoms. The Hall–Kier alpha value is -1.90. The largest absolute Gasteiger partial charge is 0.490 e. The fourth-order valence-corrected chi connectivity index (χ4v) is 1.61. The van der Waals surface area contributed by atoms with Crippen molar-refractivity contribution in [3.8, 4) is 17.6 Å². The third-order valence-corrected chi connectivity index (χ3v) is 2.47. The van der Waals surface area contributed by atoms with Crippen LogP contribution in [0.5, 0.6) is 5.75 Å². The van der Waals surface area contributed by atoms with E-state index in [1.54, 1.807) is 39.0 Å². The van der Waals surface area contributed by atoms with E-state index in [1.165, 1.54) is 0 Å². The minimum absolute atomic E-state index is 0.0976. The number of ether oxygens (including phenoxy) is 2. The lowest BCUT2D eigenvalue weighted by molar-refractivity contribution is 0.0535. The van der Waals surface area contributed by atoms with E-state index in [4.69, 9.17) is 26.2 Å². The molecule has 2 N–H and O–H groups in total.